The van der Waals surface area contributed by atoms with E-state index < -0.39 is 6.10 Å². The summed E-state index contributed by atoms with van der Waals surface area (Å²) in [7, 11) is 0. The van der Waals surface area contributed by atoms with Crippen molar-refractivity contribution in [3.63, 3.8) is 0 Å². The zero-order valence-electron chi connectivity index (χ0n) is 12.7. The van der Waals surface area contributed by atoms with Gasteiger partial charge in [-0.1, -0.05) is 19.1 Å². The van der Waals surface area contributed by atoms with Crippen molar-refractivity contribution in [2.75, 3.05) is 19.7 Å². The van der Waals surface area contributed by atoms with Crippen molar-refractivity contribution in [3.05, 3.63) is 24.3 Å². The molecule has 0 spiro atoms. The Morgan fingerprint density at radius 3 is 2.82 bits per heavy atom. The quantitative estimate of drug-likeness (QED) is 0.900. The van der Waals surface area contributed by atoms with E-state index in [1.165, 1.54) is 0 Å². The number of likely N-dealkylation sites (tertiary alicyclic amines) is 1. The van der Waals surface area contributed by atoms with Crippen molar-refractivity contribution in [1.29, 1.82) is 0 Å². The summed E-state index contributed by atoms with van der Waals surface area (Å²) in [5, 5.41) is 0. The highest BCUT2D eigenvalue weighted by Crippen LogP contribution is 2.32. The van der Waals surface area contributed by atoms with Crippen molar-refractivity contribution < 1.29 is 14.3 Å². The number of carbonyl (C=O) groups excluding carboxylic acids is 1. The van der Waals surface area contributed by atoms with Gasteiger partial charge in [0.2, 0.25) is 6.10 Å². The summed E-state index contributed by atoms with van der Waals surface area (Å²) >= 11 is 0. The Bertz CT molecular complexity index is 526. The van der Waals surface area contributed by atoms with Crippen LogP contribution in [0.5, 0.6) is 11.5 Å². The number of hydrogen-bond acceptors (Lipinski definition) is 4. The first-order valence-electron chi connectivity index (χ1n) is 7.58. The number of ether oxygens (including phenoxy) is 2. The molecule has 0 aliphatic carbocycles. The normalized spacial score (nSPS) is 27.0. The molecule has 1 saturated heterocycles. The van der Waals surface area contributed by atoms with Crippen LogP contribution in [0.2, 0.25) is 0 Å². The third kappa shape index (κ3) is 3.31. The van der Waals surface area contributed by atoms with E-state index in [9.17, 15) is 4.79 Å². The lowest BCUT2D eigenvalue weighted by Crippen LogP contribution is -2.55. The summed E-state index contributed by atoms with van der Waals surface area (Å²) in [6.07, 6.45) is 1.42. The van der Waals surface area contributed by atoms with Crippen LogP contribution in [0.1, 0.15) is 19.8 Å². The molecule has 2 N–H and O–H groups in total. The van der Waals surface area contributed by atoms with E-state index in [0.717, 1.165) is 19.4 Å². The van der Waals surface area contributed by atoms with Gasteiger partial charge in [-0.05, 0) is 30.9 Å². The van der Waals surface area contributed by atoms with Gasteiger partial charge in [0, 0.05) is 19.1 Å². The number of piperidine rings is 1. The first kappa shape index (κ1) is 16.9. The molecule has 122 valence electrons. The number of rotatable bonds is 2. The average molecular weight is 327 g/mol. The van der Waals surface area contributed by atoms with Crippen molar-refractivity contribution in [2.45, 2.75) is 31.9 Å². The van der Waals surface area contributed by atoms with E-state index in [4.69, 9.17) is 15.2 Å². The van der Waals surface area contributed by atoms with Crippen molar-refractivity contribution in [2.24, 2.45) is 11.7 Å². The maximum Gasteiger partial charge on any atom is 0.267 e. The molecule has 0 aromatic heterocycles. The predicted octanol–water partition coefficient (Wildman–Crippen LogP) is 1.83. The number of carbonyl (C=O) groups is 1. The van der Waals surface area contributed by atoms with Gasteiger partial charge in [-0.2, -0.15) is 0 Å². The fourth-order valence-corrected chi connectivity index (χ4v) is 3.09. The number of para-hydroxylation sites is 2. The van der Waals surface area contributed by atoms with E-state index in [1.807, 2.05) is 29.2 Å². The van der Waals surface area contributed by atoms with Crippen LogP contribution >= 0.6 is 12.4 Å². The summed E-state index contributed by atoms with van der Waals surface area (Å²) in [5.74, 6) is 1.94. The van der Waals surface area contributed by atoms with Crippen molar-refractivity contribution in [3.8, 4) is 11.5 Å². The highest BCUT2D eigenvalue weighted by molar-refractivity contribution is 5.85. The average Bonchev–Trinajstić information content (AvgIpc) is 2.53. The molecule has 0 radical (unpaired) electrons. The fraction of sp³-hybridized carbons (Fsp3) is 0.562. The molecule has 0 saturated carbocycles. The van der Waals surface area contributed by atoms with Gasteiger partial charge < -0.3 is 20.1 Å². The summed E-state index contributed by atoms with van der Waals surface area (Å²) in [4.78, 5) is 14.6. The smallest absolute Gasteiger partial charge is 0.267 e. The van der Waals surface area contributed by atoms with E-state index in [1.54, 1.807) is 0 Å². The largest absolute Gasteiger partial charge is 0.485 e. The molecule has 0 bridgehead atoms. The number of benzene rings is 1. The molecule has 1 fully saturated rings. The standard InChI is InChI=1S/C16H22N2O3.ClH/c1-11-6-7-18(12(8-11)9-17)16(19)15-10-20-13-4-2-3-5-14(13)21-15;/h2-5,11-12,15H,6-10,17H2,1H3;1H. The first-order valence-corrected chi connectivity index (χ1v) is 7.58. The highest BCUT2D eigenvalue weighted by atomic mass is 35.5. The van der Waals surface area contributed by atoms with Crippen LogP contribution in [-0.2, 0) is 4.79 Å². The topological polar surface area (TPSA) is 64.8 Å². The molecule has 5 nitrogen and oxygen atoms in total. The number of hydrogen-bond donors (Lipinski definition) is 1. The lowest BCUT2D eigenvalue weighted by Gasteiger charge is -2.40. The molecular formula is C16H23ClN2O3. The van der Waals surface area contributed by atoms with Crippen molar-refractivity contribution in [1.82, 2.24) is 4.90 Å². The minimum Gasteiger partial charge on any atom is -0.485 e. The minimum atomic E-state index is -0.567. The van der Waals surface area contributed by atoms with Gasteiger partial charge in [0.1, 0.15) is 6.61 Å². The molecule has 1 aromatic carbocycles. The van der Waals surface area contributed by atoms with Gasteiger partial charge in [0.05, 0.1) is 0 Å². The zero-order valence-corrected chi connectivity index (χ0v) is 13.6. The Balaban J connectivity index is 0.00000176. The Kier molecular flexibility index (Phi) is 5.53. The van der Waals surface area contributed by atoms with Gasteiger partial charge in [0.15, 0.2) is 11.5 Å². The van der Waals surface area contributed by atoms with Crippen LogP contribution in [0.15, 0.2) is 24.3 Å². The second kappa shape index (κ2) is 7.20. The second-order valence-corrected chi connectivity index (χ2v) is 5.91. The van der Waals surface area contributed by atoms with Gasteiger partial charge in [-0.15, -0.1) is 12.4 Å². The number of nitrogens with two attached hydrogens (primary N) is 1. The molecule has 22 heavy (non-hydrogen) atoms. The molecule has 3 rings (SSSR count). The number of nitrogens with zero attached hydrogens (tertiary/aromatic N) is 1. The predicted molar refractivity (Wildman–Crippen MR) is 86.6 cm³/mol. The summed E-state index contributed by atoms with van der Waals surface area (Å²) in [6, 6.07) is 7.55. The molecule has 3 atom stereocenters. The first-order chi connectivity index (χ1) is 10.2. The van der Waals surface area contributed by atoms with E-state index in [-0.39, 0.29) is 31.0 Å². The van der Waals surface area contributed by atoms with Crippen LogP contribution in [-0.4, -0.2) is 42.6 Å². The molecule has 2 aliphatic heterocycles. The third-order valence-electron chi connectivity index (χ3n) is 4.32. The monoisotopic (exact) mass is 326 g/mol. The third-order valence-corrected chi connectivity index (χ3v) is 4.32. The number of halogens is 1. The van der Waals surface area contributed by atoms with Crippen molar-refractivity contribution >= 4 is 18.3 Å². The Labute approximate surface area is 137 Å². The van der Waals surface area contributed by atoms with Crippen LogP contribution in [0.4, 0.5) is 0 Å². The van der Waals surface area contributed by atoms with E-state index in [2.05, 4.69) is 6.92 Å². The Morgan fingerprint density at radius 1 is 1.36 bits per heavy atom. The van der Waals surface area contributed by atoms with Crippen LogP contribution in [0, 0.1) is 5.92 Å². The fourth-order valence-electron chi connectivity index (χ4n) is 3.09. The summed E-state index contributed by atoms with van der Waals surface area (Å²) in [6.45, 7) is 3.73. The number of fused-ring (bicyclic) bond motifs is 1. The lowest BCUT2D eigenvalue weighted by atomic mass is 9.92. The molecular weight excluding hydrogens is 304 g/mol. The van der Waals surface area contributed by atoms with Gasteiger partial charge in [0.25, 0.3) is 5.91 Å². The molecule has 6 heteroatoms. The lowest BCUT2D eigenvalue weighted by molar-refractivity contribution is -0.145. The Morgan fingerprint density at radius 2 is 2.09 bits per heavy atom. The van der Waals surface area contributed by atoms with Gasteiger partial charge in [-0.25, -0.2) is 0 Å². The molecule has 2 heterocycles. The summed E-state index contributed by atoms with van der Waals surface area (Å²) in [5.41, 5.74) is 5.83. The number of amides is 1. The maximum absolute atomic E-state index is 12.7. The highest BCUT2D eigenvalue weighted by Gasteiger charge is 2.36. The second-order valence-electron chi connectivity index (χ2n) is 5.91. The molecule has 1 amide bonds. The maximum atomic E-state index is 12.7. The minimum absolute atomic E-state index is 0. The summed E-state index contributed by atoms with van der Waals surface area (Å²) < 4.78 is 11.4. The van der Waals surface area contributed by atoms with Crippen LogP contribution in [0.3, 0.4) is 0 Å². The molecule has 2 aliphatic rings. The molecule has 1 aromatic rings. The van der Waals surface area contributed by atoms with Crippen LogP contribution < -0.4 is 15.2 Å². The van der Waals surface area contributed by atoms with Gasteiger partial charge in [-0.3, -0.25) is 4.79 Å². The zero-order chi connectivity index (χ0) is 14.8. The van der Waals surface area contributed by atoms with E-state index >= 15 is 0 Å². The molecule has 3 unspecified atom stereocenters. The van der Waals surface area contributed by atoms with Gasteiger partial charge >= 0.3 is 0 Å². The SMILES string of the molecule is CC1CCN(C(=O)C2COc3ccccc3O2)C(CN)C1.Cl. The van der Waals surface area contributed by atoms with E-state index in [0.29, 0.717) is 24.0 Å². The Hall–Kier alpha value is -1.46. The van der Waals surface area contributed by atoms with Crippen LogP contribution in [0.25, 0.3) is 0 Å².